The molecule has 1 aliphatic heterocycles. The average molecular weight is 879 g/mol. The molecule has 4 nitrogen and oxygen atoms in total. The molecule has 0 N–H and O–H groups in total. The zero-order valence-electron chi connectivity index (χ0n) is 40.2. The fraction of sp³-hybridized carbons (Fsp3) is 0.333. The molecular formula is C63H66N4. The minimum absolute atomic E-state index is 0.00780. The second-order valence-electron chi connectivity index (χ2n) is 19.5. The van der Waals surface area contributed by atoms with Gasteiger partial charge < -0.3 is 9.47 Å². The molecule has 1 aromatic heterocycles. The van der Waals surface area contributed by atoms with Gasteiger partial charge in [-0.15, -0.1) is 0 Å². The third-order valence-electron chi connectivity index (χ3n) is 15.0. The van der Waals surface area contributed by atoms with E-state index in [-0.39, 0.29) is 17.4 Å². The van der Waals surface area contributed by atoms with Crippen LogP contribution < -0.4 is 4.90 Å². The SMILES string of the molecule is CCCCCCCCC1(CCCCCCCC)c2ccccc2-c2cc(C3c4c(cc(-c5ccc(C#N)cc5)n4-c4ccc(C)cc4)N(c4ccc(C)cc4)C3c3ccc(C#N)cc3)ccc21. The van der Waals surface area contributed by atoms with E-state index in [1.165, 1.54) is 135 Å². The Morgan fingerprint density at radius 1 is 0.507 bits per heavy atom. The van der Waals surface area contributed by atoms with Gasteiger partial charge >= 0.3 is 0 Å². The summed E-state index contributed by atoms with van der Waals surface area (Å²) in [5.74, 6) is -0.0951. The number of unbranched alkanes of at least 4 members (excludes halogenated alkanes) is 10. The van der Waals surface area contributed by atoms with E-state index < -0.39 is 0 Å². The Hall–Kier alpha value is -6.62. The van der Waals surface area contributed by atoms with Crippen molar-refractivity contribution in [3.05, 3.63) is 196 Å². The van der Waals surface area contributed by atoms with Gasteiger partial charge in [-0.3, -0.25) is 0 Å². The van der Waals surface area contributed by atoms with Gasteiger partial charge in [-0.05, 0) is 120 Å². The Morgan fingerprint density at radius 3 is 1.63 bits per heavy atom. The zero-order chi connectivity index (χ0) is 46.3. The molecule has 2 heterocycles. The Balaban J connectivity index is 1.26. The van der Waals surface area contributed by atoms with Crippen LogP contribution in [0, 0.1) is 36.5 Å². The van der Waals surface area contributed by atoms with E-state index in [2.05, 4.69) is 171 Å². The van der Waals surface area contributed by atoms with Crippen LogP contribution in [-0.4, -0.2) is 4.57 Å². The lowest BCUT2D eigenvalue weighted by Gasteiger charge is -2.34. The van der Waals surface area contributed by atoms with Crippen LogP contribution in [0.5, 0.6) is 0 Å². The van der Waals surface area contributed by atoms with Crippen LogP contribution in [0.4, 0.5) is 11.4 Å². The summed E-state index contributed by atoms with van der Waals surface area (Å²) in [6.07, 6.45) is 17.9. The molecule has 9 rings (SSSR count). The van der Waals surface area contributed by atoms with Gasteiger partial charge in [0, 0.05) is 16.8 Å². The molecule has 0 spiro atoms. The topological polar surface area (TPSA) is 55.8 Å². The summed E-state index contributed by atoms with van der Waals surface area (Å²) >= 11 is 0. The summed E-state index contributed by atoms with van der Waals surface area (Å²) in [6, 6.07) is 58.2. The minimum atomic E-state index is -0.113. The molecule has 67 heavy (non-hydrogen) atoms. The molecule has 6 aromatic carbocycles. The van der Waals surface area contributed by atoms with E-state index >= 15 is 0 Å². The van der Waals surface area contributed by atoms with E-state index in [9.17, 15) is 10.5 Å². The first-order valence-corrected chi connectivity index (χ1v) is 25.3. The first-order chi connectivity index (χ1) is 32.9. The van der Waals surface area contributed by atoms with Crippen molar-refractivity contribution in [3.8, 4) is 40.2 Å². The Morgan fingerprint density at radius 2 is 1.03 bits per heavy atom. The highest BCUT2D eigenvalue weighted by Crippen LogP contribution is 2.60. The summed E-state index contributed by atoms with van der Waals surface area (Å²) in [7, 11) is 0. The van der Waals surface area contributed by atoms with E-state index in [1.54, 1.807) is 0 Å². The Kier molecular flexibility index (Phi) is 13.9. The number of nitrogens with zero attached hydrogens (tertiary/aromatic N) is 4. The minimum Gasteiger partial charge on any atom is -0.331 e. The lowest BCUT2D eigenvalue weighted by Crippen LogP contribution is -2.26. The monoisotopic (exact) mass is 879 g/mol. The van der Waals surface area contributed by atoms with Crippen LogP contribution in [0.1, 0.15) is 166 Å². The predicted octanol–water partition coefficient (Wildman–Crippen LogP) is 17.3. The van der Waals surface area contributed by atoms with Gasteiger partial charge in [0.2, 0.25) is 0 Å². The number of rotatable bonds is 19. The third-order valence-corrected chi connectivity index (χ3v) is 15.0. The second-order valence-corrected chi connectivity index (χ2v) is 19.5. The molecule has 0 bridgehead atoms. The van der Waals surface area contributed by atoms with Crippen molar-refractivity contribution < 1.29 is 0 Å². The van der Waals surface area contributed by atoms with Crippen LogP contribution in [0.25, 0.3) is 28.1 Å². The molecular weight excluding hydrogens is 813 g/mol. The molecule has 338 valence electrons. The quantitative estimate of drug-likeness (QED) is 0.0761. The van der Waals surface area contributed by atoms with E-state index in [1.807, 2.05) is 24.3 Å². The van der Waals surface area contributed by atoms with Crippen LogP contribution in [0.3, 0.4) is 0 Å². The van der Waals surface area contributed by atoms with Crippen molar-refractivity contribution in [2.24, 2.45) is 0 Å². The molecule has 4 heteroatoms. The van der Waals surface area contributed by atoms with Gasteiger partial charge in [0.1, 0.15) is 0 Å². The molecule has 2 unspecified atom stereocenters. The van der Waals surface area contributed by atoms with E-state index in [0.29, 0.717) is 11.1 Å². The van der Waals surface area contributed by atoms with Gasteiger partial charge in [0.15, 0.2) is 0 Å². The van der Waals surface area contributed by atoms with Crippen LogP contribution in [0.2, 0.25) is 0 Å². The molecule has 7 aromatic rings. The number of hydrogen-bond donors (Lipinski definition) is 0. The van der Waals surface area contributed by atoms with Crippen molar-refractivity contribution in [2.45, 2.75) is 135 Å². The highest BCUT2D eigenvalue weighted by molar-refractivity contribution is 5.85. The maximum absolute atomic E-state index is 9.98. The molecule has 1 aliphatic carbocycles. The highest BCUT2D eigenvalue weighted by atomic mass is 15.2. The largest absolute Gasteiger partial charge is 0.331 e. The maximum atomic E-state index is 9.98. The Labute approximate surface area is 400 Å². The third kappa shape index (κ3) is 9.00. The van der Waals surface area contributed by atoms with Gasteiger partial charge in [-0.25, -0.2) is 0 Å². The first kappa shape index (κ1) is 45.5. The normalized spacial score (nSPS) is 15.5. The Bertz CT molecular complexity index is 2850. The first-order valence-electron chi connectivity index (χ1n) is 25.3. The summed E-state index contributed by atoms with van der Waals surface area (Å²) in [5, 5.41) is 19.8. The van der Waals surface area contributed by atoms with E-state index in [0.717, 1.165) is 33.9 Å². The zero-order valence-corrected chi connectivity index (χ0v) is 40.2. The van der Waals surface area contributed by atoms with Crippen molar-refractivity contribution in [2.75, 3.05) is 4.90 Å². The van der Waals surface area contributed by atoms with Crippen LogP contribution in [0.15, 0.2) is 146 Å². The molecule has 0 saturated heterocycles. The average Bonchev–Trinajstić information content (AvgIpc) is 4.00. The summed E-state index contributed by atoms with van der Waals surface area (Å²) in [6.45, 7) is 8.92. The van der Waals surface area contributed by atoms with Crippen molar-refractivity contribution in [1.82, 2.24) is 4.57 Å². The molecule has 0 saturated carbocycles. The number of benzene rings is 6. The van der Waals surface area contributed by atoms with Gasteiger partial charge in [0.25, 0.3) is 0 Å². The predicted molar refractivity (Wildman–Crippen MR) is 278 cm³/mol. The number of nitriles is 2. The highest BCUT2D eigenvalue weighted by Gasteiger charge is 2.47. The number of fused-ring (bicyclic) bond motifs is 4. The van der Waals surface area contributed by atoms with Crippen molar-refractivity contribution in [3.63, 3.8) is 0 Å². The van der Waals surface area contributed by atoms with Crippen LogP contribution >= 0.6 is 0 Å². The standard InChI is InChI=1S/C63H66N4/c1-5-7-9-11-13-17-39-63(40-18-14-12-10-8-6-2)56-20-16-15-19-54(56)55-41-51(33-38-57(55)63)60-61(50-31-27-48(44-65)28-32-50)67(53-36-23-46(4)24-37-53)59-42-58(49-29-25-47(43-64)26-30-49)66(62(59)60)52-34-21-45(3)22-35-52/h15-16,19-38,41-42,60-61H,5-14,17-18,39-40H2,1-4H3. The van der Waals surface area contributed by atoms with E-state index in [4.69, 9.17) is 0 Å². The fourth-order valence-corrected chi connectivity index (χ4v) is 11.5. The fourth-order valence-electron chi connectivity index (χ4n) is 11.5. The molecule has 0 radical (unpaired) electrons. The second kappa shape index (κ2) is 20.5. The molecule has 0 fully saturated rings. The lowest BCUT2D eigenvalue weighted by atomic mass is 9.70. The van der Waals surface area contributed by atoms with Crippen molar-refractivity contribution >= 4 is 11.4 Å². The lowest BCUT2D eigenvalue weighted by molar-refractivity contribution is 0.398. The molecule has 2 aliphatic rings. The van der Waals surface area contributed by atoms with Crippen LogP contribution in [-0.2, 0) is 5.41 Å². The van der Waals surface area contributed by atoms with Crippen molar-refractivity contribution in [1.29, 1.82) is 10.5 Å². The summed E-state index contributed by atoms with van der Waals surface area (Å²) in [4.78, 5) is 2.56. The number of aryl methyl sites for hydroxylation is 2. The van der Waals surface area contributed by atoms with Gasteiger partial charge in [0.05, 0.1) is 52.3 Å². The van der Waals surface area contributed by atoms with Gasteiger partial charge in [-0.2, -0.15) is 10.5 Å². The summed E-state index contributed by atoms with van der Waals surface area (Å²) in [5.41, 5.74) is 18.7. The number of aromatic nitrogens is 1. The number of anilines is 2. The molecule has 0 amide bonds. The smallest absolute Gasteiger partial charge is 0.0991 e. The van der Waals surface area contributed by atoms with Gasteiger partial charge in [-0.1, -0.05) is 193 Å². The number of hydrogen-bond acceptors (Lipinski definition) is 3. The molecule has 2 atom stereocenters. The summed E-state index contributed by atoms with van der Waals surface area (Å²) < 4.78 is 2.49. The maximum Gasteiger partial charge on any atom is 0.0991 e.